The fourth-order valence-corrected chi connectivity index (χ4v) is 2.76. The summed E-state index contributed by atoms with van der Waals surface area (Å²) in [7, 11) is 1.45. The Morgan fingerprint density at radius 1 is 1.17 bits per heavy atom. The lowest BCUT2D eigenvalue weighted by atomic mass is 10.1. The molecule has 0 spiro atoms. The molecule has 9 nitrogen and oxygen atoms in total. The van der Waals surface area contributed by atoms with Crippen molar-refractivity contribution in [2.45, 2.75) is 0 Å². The van der Waals surface area contributed by atoms with Crippen LogP contribution < -0.4 is 9.47 Å². The van der Waals surface area contributed by atoms with Crippen molar-refractivity contribution in [2.24, 2.45) is 0 Å². The van der Waals surface area contributed by atoms with Gasteiger partial charge >= 0.3 is 5.97 Å². The van der Waals surface area contributed by atoms with E-state index in [1.54, 1.807) is 24.5 Å². The highest BCUT2D eigenvalue weighted by atomic mass is 16.6. The van der Waals surface area contributed by atoms with Gasteiger partial charge in [-0.05, 0) is 30.3 Å². The van der Waals surface area contributed by atoms with Crippen LogP contribution in [0.3, 0.4) is 0 Å². The number of non-ortho nitro benzene ring substituents is 1. The summed E-state index contributed by atoms with van der Waals surface area (Å²) >= 11 is 0. The molecule has 0 atom stereocenters. The molecular weight excluding hydrogens is 378 g/mol. The van der Waals surface area contributed by atoms with Crippen LogP contribution in [-0.4, -0.2) is 28.0 Å². The Hall–Kier alpha value is -4.27. The van der Waals surface area contributed by atoms with E-state index in [0.29, 0.717) is 16.7 Å². The van der Waals surface area contributed by atoms with Crippen molar-refractivity contribution in [3.63, 3.8) is 0 Å². The topological polar surface area (TPSA) is 118 Å². The minimum Gasteiger partial charge on any atom is -0.478 e. The highest BCUT2D eigenvalue weighted by Gasteiger charge is 2.21. The van der Waals surface area contributed by atoms with Crippen molar-refractivity contribution in [1.29, 1.82) is 0 Å². The number of nitro groups is 1. The molecule has 0 aliphatic carbocycles. The number of carbonyl (C=O) groups is 1. The van der Waals surface area contributed by atoms with Crippen LogP contribution in [0.5, 0.6) is 11.6 Å². The van der Waals surface area contributed by atoms with Gasteiger partial charge in [-0.25, -0.2) is 9.78 Å². The van der Waals surface area contributed by atoms with E-state index in [0.717, 1.165) is 5.56 Å². The SMILES string of the molecule is COc1ncc(C(=O)Oc2ccc([N+](=O)[O-])cc2)c2cc(-c3cccnc3)oc12. The molecule has 0 saturated carbocycles. The van der Waals surface area contributed by atoms with Crippen molar-refractivity contribution in [3.8, 4) is 23.0 Å². The van der Waals surface area contributed by atoms with E-state index in [2.05, 4.69) is 9.97 Å². The van der Waals surface area contributed by atoms with Crippen LogP contribution in [0.2, 0.25) is 0 Å². The number of hydrogen-bond acceptors (Lipinski definition) is 8. The number of nitro benzene ring substituents is 1. The molecular formula is C20H13N3O6. The van der Waals surface area contributed by atoms with Crippen molar-refractivity contribution in [1.82, 2.24) is 9.97 Å². The van der Waals surface area contributed by atoms with Gasteiger partial charge < -0.3 is 13.9 Å². The number of methoxy groups -OCH3 is 1. The molecule has 1 aromatic carbocycles. The van der Waals surface area contributed by atoms with Gasteiger partial charge in [0.1, 0.15) is 11.5 Å². The van der Waals surface area contributed by atoms with E-state index >= 15 is 0 Å². The number of rotatable bonds is 5. The Kier molecular flexibility index (Phi) is 4.62. The first-order valence-corrected chi connectivity index (χ1v) is 8.40. The van der Waals surface area contributed by atoms with Gasteiger partial charge in [0.2, 0.25) is 0 Å². The molecule has 29 heavy (non-hydrogen) atoms. The summed E-state index contributed by atoms with van der Waals surface area (Å²) in [6, 6.07) is 10.5. The molecule has 0 saturated heterocycles. The molecule has 9 heteroatoms. The standard InChI is InChI=1S/C20H13N3O6/c1-27-19-18-15(9-17(29-18)12-3-2-8-21-10-12)16(11-22-19)20(24)28-14-6-4-13(5-7-14)23(25)26/h2-11H,1H3. The second-order valence-electron chi connectivity index (χ2n) is 5.92. The first-order chi connectivity index (χ1) is 14.1. The summed E-state index contributed by atoms with van der Waals surface area (Å²) in [5.41, 5.74) is 1.08. The minimum absolute atomic E-state index is 0.103. The fourth-order valence-electron chi connectivity index (χ4n) is 2.76. The molecule has 0 bridgehead atoms. The van der Waals surface area contributed by atoms with Gasteiger partial charge in [0, 0.05) is 41.7 Å². The van der Waals surface area contributed by atoms with E-state index in [4.69, 9.17) is 13.9 Å². The molecule has 0 N–H and O–H groups in total. The monoisotopic (exact) mass is 391 g/mol. The second-order valence-corrected chi connectivity index (χ2v) is 5.92. The second kappa shape index (κ2) is 7.39. The number of aromatic nitrogens is 2. The Labute approximate surface area is 163 Å². The van der Waals surface area contributed by atoms with Gasteiger partial charge in [0.15, 0.2) is 5.58 Å². The quantitative estimate of drug-likeness (QED) is 0.217. The van der Waals surface area contributed by atoms with Crippen LogP contribution >= 0.6 is 0 Å². The molecule has 144 valence electrons. The van der Waals surface area contributed by atoms with Crippen LogP contribution in [0.25, 0.3) is 22.3 Å². The zero-order valence-electron chi connectivity index (χ0n) is 15.1. The molecule has 4 aromatic rings. The maximum Gasteiger partial charge on any atom is 0.345 e. The van der Waals surface area contributed by atoms with E-state index in [9.17, 15) is 14.9 Å². The molecule has 0 aliphatic rings. The van der Waals surface area contributed by atoms with E-state index in [1.165, 1.54) is 37.6 Å². The molecule has 0 fully saturated rings. The zero-order valence-corrected chi connectivity index (χ0v) is 15.1. The van der Waals surface area contributed by atoms with Crippen LogP contribution in [0.1, 0.15) is 10.4 Å². The number of furan rings is 1. The van der Waals surface area contributed by atoms with Gasteiger partial charge in [0.25, 0.3) is 11.6 Å². The average molecular weight is 391 g/mol. The van der Waals surface area contributed by atoms with Gasteiger partial charge in [-0.2, -0.15) is 0 Å². The summed E-state index contributed by atoms with van der Waals surface area (Å²) in [4.78, 5) is 31.1. The molecule has 3 heterocycles. The predicted molar refractivity (Wildman–Crippen MR) is 102 cm³/mol. The van der Waals surface area contributed by atoms with Crippen LogP contribution in [-0.2, 0) is 0 Å². The van der Waals surface area contributed by atoms with Crippen molar-refractivity contribution in [3.05, 3.63) is 76.7 Å². The average Bonchev–Trinajstić information content (AvgIpc) is 3.19. The summed E-state index contributed by atoms with van der Waals surface area (Å²) in [5, 5.41) is 11.2. The van der Waals surface area contributed by atoms with E-state index in [1.807, 2.05) is 6.07 Å². The maximum atomic E-state index is 12.7. The minimum atomic E-state index is -0.683. The van der Waals surface area contributed by atoms with Gasteiger partial charge in [-0.3, -0.25) is 15.1 Å². The third kappa shape index (κ3) is 3.48. The number of esters is 1. The lowest BCUT2D eigenvalue weighted by molar-refractivity contribution is -0.384. The molecule has 0 aliphatic heterocycles. The predicted octanol–water partition coefficient (Wildman–Crippen LogP) is 4.03. The van der Waals surface area contributed by atoms with Crippen LogP contribution in [0.15, 0.2) is 65.5 Å². The molecule has 3 aromatic heterocycles. The van der Waals surface area contributed by atoms with E-state index in [-0.39, 0.29) is 22.9 Å². The van der Waals surface area contributed by atoms with E-state index < -0.39 is 10.9 Å². The molecule has 0 amide bonds. The summed E-state index contributed by atoms with van der Waals surface area (Å²) in [6.07, 6.45) is 4.60. The maximum absolute atomic E-state index is 12.7. The van der Waals surface area contributed by atoms with Gasteiger partial charge in [-0.1, -0.05) is 0 Å². The number of nitrogens with zero attached hydrogens (tertiary/aromatic N) is 3. The molecule has 0 radical (unpaired) electrons. The lowest BCUT2D eigenvalue weighted by Gasteiger charge is -2.06. The normalized spacial score (nSPS) is 10.7. The van der Waals surface area contributed by atoms with Crippen LogP contribution in [0.4, 0.5) is 5.69 Å². The Morgan fingerprint density at radius 3 is 2.62 bits per heavy atom. The highest BCUT2D eigenvalue weighted by Crippen LogP contribution is 2.34. The molecule has 0 unspecified atom stereocenters. The number of pyridine rings is 2. The zero-order chi connectivity index (χ0) is 20.4. The first-order valence-electron chi connectivity index (χ1n) is 8.40. The van der Waals surface area contributed by atoms with Crippen molar-refractivity contribution in [2.75, 3.05) is 7.11 Å². The Balaban J connectivity index is 1.72. The summed E-state index contributed by atoms with van der Waals surface area (Å²) in [5.74, 6) is 0.198. The third-order valence-corrected chi connectivity index (χ3v) is 4.14. The fraction of sp³-hybridized carbons (Fsp3) is 0.0500. The molecule has 4 rings (SSSR count). The van der Waals surface area contributed by atoms with Gasteiger partial charge in [0.05, 0.1) is 17.6 Å². The van der Waals surface area contributed by atoms with Crippen LogP contribution in [0, 0.1) is 10.1 Å². The summed E-state index contributed by atoms with van der Waals surface area (Å²) < 4.78 is 16.4. The summed E-state index contributed by atoms with van der Waals surface area (Å²) in [6.45, 7) is 0. The third-order valence-electron chi connectivity index (χ3n) is 4.14. The van der Waals surface area contributed by atoms with Crippen molar-refractivity contribution >= 4 is 22.6 Å². The highest BCUT2D eigenvalue weighted by molar-refractivity contribution is 6.05. The van der Waals surface area contributed by atoms with Gasteiger partial charge in [-0.15, -0.1) is 0 Å². The smallest absolute Gasteiger partial charge is 0.345 e. The first kappa shape index (κ1) is 18.1. The number of carbonyl (C=O) groups excluding carboxylic acids is 1. The lowest BCUT2D eigenvalue weighted by Crippen LogP contribution is -2.09. The Bertz CT molecular complexity index is 1200. The largest absolute Gasteiger partial charge is 0.478 e. The number of hydrogen-bond donors (Lipinski definition) is 0. The number of benzene rings is 1. The number of fused-ring (bicyclic) bond motifs is 1. The van der Waals surface area contributed by atoms with Crippen molar-refractivity contribution < 1.29 is 23.6 Å². The Morgan fingerprint density at radius 2 is 1.97 bits per heavy atom. The number of ether oxygens (including phenoxy) is 2.